The van der Waals surface area contributed by atoms with Crippen molar-refractivity contribution in [1.82, 2.24) is 9.55 Å². The highest BCUT2D eigenvalue weighted by Crippen LogP contribution is 2.31. The Morgan fingerprint density at radius 2 is 1.84 bits per heavy atom. The molecule has 0 spiro atoms. The van der Waals surface area contributed by atoms with Crippen LogP contribution in [-0.4, -0.2) is 35.7 Å². The molecule has 4 aromatic rings. The Morgan fingerprint density at radius 1 is 1.09 bits per heavy atom. The minimum Gasteiger partial charge on any atom is -0.380 e. The lowest BCUT2D eigenvalue weighted by molar-refractivity contribution is -0.120. The molecule has 1 aliphatic heterocycles. The molecule has 2 heterocycles. The fourth-order valence-corrected chi connectivity index (χ4v) is 3.99. The molecule has 5 rings (SSSR count). The average molecular weight is 430 g/mol. The van der Waals surface area contributed by atoms with Crippen LogP contribution in [0, 0.1) is 11.7 Å². The summed E-state index contributed by atoms with van der Waals surface area (Å²) in [5, 5.41) is 2.93. The van der Waals surface area contributed by atoms with Gasteiger partial charge in [0.15, 0.2) is 5.82 Å². The van der Waals surface area contributed by atoms with Gasteiger partial charge in [0.05, 0.1) is 18.0 Å². The van der Waals surface area contributed by atoms with E-state index in [2.05, 4.69) is 10.3 Å². The molecule has 0 unspecified atom stereocenters. The molecule has 6 nitrogen and oxygen atoms in total. The summed E-state index contributed by atoms with van der Waals surface area (Å²) in [6.07, 6.45) is 1.63. The molecular weight excluding hydrogens is 407 g/mol. The van der Waals surface area contributed by atoms with Crippen LogP contribution < -0.4 is 10.2 Å². The van der Waals surface area contributed by atoms with Crippen LogP contribution in [0.1, 0.15) is 5.56 Å². The van der Waals surface area contributed by atoms with Gasteiger partial charge in [0, 0.05) is 37.3 Å². The number of hydrogen-bond donors (Lipinski definition) is 1. The minimum absolute atomic E-state index is 0.0183. The van der Waals surface area contributed by atoms with Gasteiger partial charge in [-0.3, -0.25) is 9.36 Å². The quantitative estimate of drug-likeness (QED) is 0.493. The molecule has 0 radical (unpaired) electrons. The van der Waals surface area contributed by atoms with E-state index >= 15 is 0 Å². The smallest absolute Gasteiger partial charge is 0.231 e. The maximum absolute atomic E-state index is 14.8. The number of nitrogens with zero attached hydrogens (tertiary/aromatic N) is 3. The molecule has 1 saturated heterocycles. The second-order valence-corrected chi connectivity index (χ2v) is 7.97. The van der Waals surface area contributed by atoms with E-state index in [0.717, 1.165) is 22.6 Å². The largest absolute Gasteiger partial charge is 0.380 e. The first-order chi connectivity index (χ1) is 15.6. The molecule has 1 fully saturated rings. The van der Waals surface area contributed by atoms with E-state index in [-0.39, 0.29) is 17.6 Å². The van der Waals surface area contributed by atoms with Gasteiger partial charge in [0.25, 0.3) is 0 Å². The van der Waals surface area contributed by atoms with Gasteiger partial charge in [-0.1, -0.05) is 30.3 Å². The first-order valence-corrected chi connectivity index (χ1v) is 10.5. The normalized spacial score (nSPS) is 13.9. The molecule has 1 aromatic heterocycles. The van der Waals surface area contributed by atoms with Gasteiger partial charge < -0.3 is 15.0 Å². The Bertz CT molecular complexity index is 1250. The van der Waals surface area contributed by atoms with Gasteiger partial charge in [-0.05, 0) is 42.0 Å². The molecule has 0 atom stereocenters. The van der Waals surface area contributed by atoms with E-state index in [1.165, 1.54) is 6.07 Å². The number of benzene rings is 3. The number of amides is 1. The lowest BCUT2D eigenvalue weighted by Gasteiger charge is -2.40. The predicted octanol–water partition coefficient (Wildman–Crippen LogP) is 4.39. The third-order valence-electron chi connectivity index (χ3n) is 5.77. The zero-order chi connectivity index (χ0) is 22.1. The number of aromatic nitrogens is 2. The Labute approximate surface area is 185 Å². The summed E-state index contributed by atoms with van der Waals surface area (Å²) < 4.78 is 21.8. The fraction of sp³-hybridized carbons (Fsp3) is 0.200. The fourth-order valence-electron chi connectivity index (χ4n) is 3.99. The summed E-state index contributed by atoms with van der Waals surface area (Å²) in [6.45, 7) is 1.63. The van der Waals surface area contributed by atoms with E-state index in [9.17, 15) is 9.18 Å². The summed E-state index contributed by atoms with van der Waals surface area (Å²) in [5.74, 6) is -0.521. The molecule has 162 valence electrons. The number of carbonyl (C=O) groups excluding carboxylic acids is 1. The number of halogens is 1. The van der Waals surface area contributed by atoms with Gasteiger partial charge in [0.2, 0.25) is 5.91 Å². The minimum atomic E-state index is -0.371. The first kappa shape index (κ1) is 20.2. The third kappa shape index (κ3) is 3.83. The van der Waals surface area contributed by atoms with Crippen molar-refractivity contribution in [3.63, 3.8) is 0 Å². The van der Waals surface area contributed by atoms with Crippen molar-refractivity contribution < 1.29 is 13.9 Å². The summed E-state index contributed by atoms with van der Waals surface area (Å²) in [6, 6.07) is 20.7. The molecule has 0 saturated carbocycles. The van der Waals surface area contributed by atoms with Crippen molar-refractivity contribution in [2.24, 2.45) is 5.92 Å². The van der Waals surface area contributed by atoms with Crippen molar-refractivity contribution in [3.8, 4) is 5.69 Å². The van der Waals surface area contributed by atoms with Crippen LogP contribution in [0.5, 0.6) is 0 Å². The van der Waals surface area contributed by atoms with E-state index in [1.54, 1.807) is 13.4 Å². The van der Waals surface area contributed by atoms with E-state index in [1.807, 2.05) is 70.1 Å². The number of anilines is 2. The Hall–Kier alpha value is -3.71. The zero-order valence-corrected chi connectivity index (χ0v) is 17.7. The molecule has 1 aliphatic rings. The number of ether oxygens (including phenoxy) is 1. The maximum atomic E-state index is 14.8. The topological polar surface area (TPSA) is 59.4 Å². The van der Waals surface area contributed by atoms with E-state index < -0.39 is 0 Å². The number of hydrogen-bond acceptors (Lipinski definition) is 4. The summed E-state index contributed by atoms with van der Waals surface area (Å²) in [4.78, 5) is 18.8. The monoisotopic (exact) mass is 430 g/mol. The second-order valence-electron chi connectivity index (χ2n) is 7.97. The van der Waals surface area contributed by atoms with Gasteiger partial charge in [0.1, 0.15) is 11.8 Å². The molecule has 0 bridgehead atoms. The highest BCUT2D eigenvalue weighted by molar-refractivity contribution is 5.94. The van der Waals surface area contributed by atoms with Crippen LogP contribution in [0.3, 0.4) is 0 Å². The molecule has 3 aromatic carbocycles. The molecule has 32 heavy (non-hydrogen) atoms. The SMILES string of the molecule is COCc1ccc(-n2cnc3c(F)cc(N4CC(C(=O)Nc5ccccc5)C4)cc32)cc1. The van der Waals surface area contributed by atoms with Crippen LogP contribution in [-0.2, 0) is 16.1 Å². The van der Waals surface area contributed by atoms with Gasteiger partial charge >= 0.3 is 0 Å². The lowest BCUT2D eigenvalue weighted by Crippen LogP contribution is -2.52. The van der Waals surface area contributed by atoms with Gasteiger partial charge in [-0.25, -0.2) is 9.37 Å². The van der Waals surface area contributed by atoms with Crippen molar-refractivity contribution in [3.05, 3.63) is 84.4 Å². The predicted molar refractivity (Wildman–Crippen MR) is 123 cm³/mol. The zero-order valence-electron chi connectivity index (χ0n) is 17.7. The van der Waals surface area contributed by atoms with Gasteiger partial charge in [-0.2, -0.15) is 0 Å². The van der Waals surface area contributed by atoms with Crippen LogP contribution in [0.4, 0.5) is 15.8 Å². The van der Waals surface area contributed by atoms with Crippen LogP contribution >= 0.6 is 0 Å². The van der Waals surface area contributed by atoms with Crippen molar-refractivity contribution in [2.75, 3.05) is 30.4 Å². The molecule has 1 N–H and O–H groups in total. The summed E-state index contributed by atoms with van der Waals surface area (Å²) >= 11 is 0. The lowest BCUT2D eigenvalue weighted by atomic mass is 9.98. The number of imidazole rings is 1. The number of methoxy groups -OCH3 is 1. The second kappa shape index (κ2) is 8.43. The van der Waals surface area contributed by atoms with Gasteiger partial charge in [-0.15, -0.1) is 0 Å². The van der Waals surface area contributed by atoms with E-state index in [4.69, 9.17) is 4.74 Å². The highest BCUT2D eigenvalue weighted by atomic mass is 19.1. The Morgan fingerprint density at radius 3 is 2.56 bits per heavy atom. The number of nitrogens with one attached hydrogen (secondary N) is 1. The van der Waals surface area contributed by atoms with E-state index in [0.29, 0.717) is 30.7 Å². The first-order valence-electron chi connectivity index (χ1n) is 10.5. The standard InChI is InChI=1S/C25H23FN4O2/c1-32-15-17-7-9-20(10-8-17)30-16-27-24-22(26)11-21(12-23(24)30)29-13-18(14-29)25(31)28-19-5-3-2-4-6-19/h2-12,16,18H,13-15H2,1H3,(H,28,31). The number of fused-ring (bicyclic) bond motifs is 1. The Kier molecular flexibility index (Phi) is 5.33. The molecule has 7 heteroatoms. The summed E-state index contributed by atoms with van der Waals surface area (Å²) in [7, 11) is 1.66. The highest BCUT2D eigenvalue weighted by Gasteiger charge is 2.33. The van der Waals surface area contributed by atoms with Crippen LogP contribution in [0.2, 0.25) is 0 Å². The summed E-state index contributed by atoms with van der Waals surface area (Å²) in [5.41, 5.74) is 4.51. The molecule has 0 aliphatic carbocycles. The van der Waals surface area contributed by atoms with Crippen LogP contribution in [0.15, 0.2) is 73.1 Å². The third-order valence-corrected chi connectivity index (χ3v) is 5.77. The Balaban J connectivity index is 1.34. The number of para-hydroxylation sites is 1. The average Bonchev–Trinajstić information content (AvgIpc) is 3.19. The van der Waals surface area contributed by atoms with Crippen molar-refractivity contribution >= 4 is 28.3 Å². The van der Waals surface area contributed by atoms with Crippen molar-refractivity contribution in [1.29, 1.82) is 0 Å². The number of carbonyl (C=O) groups is 1. The maximum Gasteiger partial charge on any atom is 0.231 e. The van der Waals surface area contributed by atoms with Crippen LogP contribution in [0.25, 0.3) is 16.7 Å². The molecular formula is C25H23FN4O2. The molecule has 1 amide bonds. The van der Waals surface area contributed by atoms with Crippen molar-refractivity contribution in [2.45, 2.75) is 6.61 Å². The number of rotatable bonds is 6.